The fourth-order valence-corrected chi connectivity index (χ4v) is 5.35. The van der Waals surface area contributed by atoms with E-state index in [0.29, 0.717) is 17.6 Å². The van der Waals surface area contributed by atoms with Crippen molar-refractivity contribution >= 4 is 0 Å². The monoisotopic (exact) mass is 381 g/mol. The number of hydrogen-bond acceptors (Lipinski definition) is 4. The smallest absolute Gasteiger partial charge is 0.0603 e. The average molecular weight is 382 g/mol. The van der Waals surface area contributed by atoms with Gasteiger partial charge in [-0.05, 0) is 88.9 Å². The molecule has 0 amide bonds. The lowest BCUT2D eigenvalue weighted by molar-refractivity contribution is -0.0494. The molecule has 1 aliphatic carbocycles. The van der Waals surface area contributed by atoms with Crippen molar-refractivity contribution in [3.8, 4) is 0 Å². The summed E-state index contributed by atoms with van der Waals surface area (Å²) in [7, 11) is 0. The Bertz CT molecular complexity index is 370. The molecule has 4 rings (SSSR count). The van der Waals surface area contributed by atoms with E-state index in [1.165, 1.54) is 84.1 Å². The maximum Gasteiger partial charge on any atom is 0.0603 e. The van der Waals surface area contributed by atoms with Gasteiger partial charge in [0.15, 0.2) is 0 Å². The van der Waals surface area contributed by atoms with Crippen molar-refractivity contribution in [1.29, 1.82) is 0 Å². The number of rotatable bonds is 4. The van der Waals surface area contributed by atoms with Crippen LogP contribution in [0.3, 0.4) is 0 Å². The predicted molar refractivity (Wildman–Crippen MR) is 116 cm³/mol. The zero-order valence-corrected chi connectivity index (χ0v) is 18.7. The summed E-state index contributed by atoms with van der Waals surface area (Å²) in [5.41, 5.74) is 0.634. The Labute approximate surface area is 169 Å². The van der Waals surface area contributed by atoms with E-state index in [1.54, 1.807) is 0 Å². The van der Waals surface area contributed by atoms with E-state index in [4.69, 9.17) is 4.74 Å². The van der Waals surface area contributed by atoms with Crippen molar-refractivity contribution in [2.45, 2.75) is 91.3 Å². The third kappa shape index (κ3) is 6.99. The lowest BCUT2D eigenvalue weighted by atomic mass is 9.85. The second-order valence-electron chi connectivity index (χ2n) is 8.64. The third-order valence-corrected chi connectivity index (χ3v) is 6.83. The maximum atomic E-state index is 6.36. The first-order chi connectivity index (χ1) is 13.3. The minimum Gasteiger partial charge on any atom is -0.375 e. The maximum absolute atomic E-state index is 6.36. The van der Waals surface area contributed by atoms with Crippen LogP contribution in [0.4, 0.5) is 0 Å². The van der Waals surface area contributed by atoms with Gasteiger partial charge in [0.05, 0.1) is 12.2 Å². The van der Waals surface area contributed by atoms with Crippen molar-refractivity contribution in [3.63, 3.8) is 0 Å². The Balaban J connectivity index is 0.000000614. The third-order valence-electron chi connectivity index (χ3n) is 6.83. The summed E-state index contributed by atoms with van der Waals surface area (Å²) in [6.45, 7) is 16.8. The zero-order valence-electron chi connectivity index (χ0n) is 18.7. The van der Waals surface area contributed by atoms with Crippen LogP contribution in [-0.2, 0) is 4.74 Å². The summed E-state index contributed by atoms with van der Waals surface area (Å²) in [5, 5.41) is 7.01. The molecule has 1 atom stereocenters. The molecule has 4 nitrogen and oxygen atoms in total. The van der Waals surface area contributed by atoms with Crippen molar-refractivity contribution in [1.82, 2.24) is 15.5 Å². The quantitative estimate of drug-likeness (QED) is 0.770. The number of likely N-dealkylation sites (tertiary alicyclic amines) is 1. The molecule has 2 N–H and O–H groups in total. The molecular weight excluding hydrogens is 334 g/mol. The van der Waals surface area contributed by atoms with Gasteiger partial charge < -0.3 is 20.3 Å². The van der Waals surface area contributed by atoms with Gasteiger partial charge >= 0.3 is 0 Å². The lowest BCUT2D eigenvalue weighted by Gasteiger charge is -2.34. The largest absolute Gasteiger partial charge is 0.375 e. The van der Waals surface area contributed by atoms with E-state index < -0.39 is 0 Å². The van der Waals surface area contributed by atoms with Gasteiger partial charge in [-0.1, -0.05) is 27.7 Å². The molecule has 1 unspecified atom stereocenters. The Morgan fingerprint density at radius 1 is 0.815 bits per heavy atom. The highest BCUT2D eigenvalue weighted by atomic mass is 16.5. The van der Waals surface area contributed by atoms with Crippen LogP contribution < -0.4 is 10.6 Å². The van der Waals surface area contributed by atoms with Crippen LogP contribution in [0, 0.1) is 11.3 Å². The standard InChI is InChI=1S/C19H35N3O.2C2H6/c1-3-17(23-18-5-9-20-10-6-18)4-2-16(1)13-22-12-8-19(15-22)7-11-21-14-19;2*1-2/h16-18,20-21H,1-15H2;2*1-2H3. The first-order valence-corrected chi connectivity index (χ1v) is 12.1. The van der Waals surface area contributed by atoms with Gasteiger partial charge in [-0.25, -0.2) is 0 Å². The molecule has 4 fully saturated rings. The van der Waals surface area contributed by atoms with Crippen LogP contribution in [0.25, 0.3) is 0 Å². The Morgan fingerprint density at radius 2 is 1.48 bits per heavy atom. The second kappa shape index (κ2) is 12.4. The molecule has 0 bridgehead atoms. The molecule has 0 radical (unpaired) electrons. The van der Waals surface area contributed by atoms with Crippen molar-refractivity contribution in [3.05, 3.63) is 0 Å². The minimum absolute atomic E-state index is 0.533. The number of nitrogens with one attached hydrogen (secondary N) is 2. The Hall–Kier alpha value is -0.160. The summed E-state index contributed by atoms with van der Waals surface area (Å²) in [4.78, 5) is 2.77. The lowest BCUT2D eigenvalue weighted by Crippen LogP contribution is -2.37. The molecule has 160 valence electrons. The SMILES string of the molecule is C1CC(OC2CCC(CN3CCC4(CCNC4)C3)CC2)CCN1.CC.CC. The van der Waals surface area contributed by atoms with Crippen molar-refractivity contribution < 1.29 is 4.74 Å². The van der Waals surface area contributed by atoms with Crippen LogP contribution in [0.2, 0.25) is 0 Å². The van der Waals surface area contributed by atoms with Gasteiger partial charge in [-0.15, -0.1) is 0 Å². The number of nitrogens with zero attached hydrogens (tertiary/aromatic N) is 1. The van der Waals surface area contributed by atoms with Crippen LogP contribution in [0.1, 0.15) is 79.1 Å². The molecule has 27 heavy (non-hydrogen) atoms. The van der Waals surface area contributed by atoms with Crippen LogP contribution in [-0.4, -0.2) is 62.9 Å². The number of piperidine rings is 1. The second-order valence-corrected chi connectivity index (χ2v) is 8.64. The highest BCUT2D eigenvalue weighted by Crippen LogP contribution is 2.37. The molecule has 3 aliphatic heterocycles. The van der Waals surface area contributed by atoms with Crippen LogP contribution >= 0.6 is 0 Å². The number of hydrogen-bond donors (Lipinski definition) is 2. The summed E-state index contributed by atoms with van der Waals surface area (Å²) < 4.78 is 6.36. The molecule has 1 spiro atoms. The molecule has 4 heteroatoms. The molecule has 1 saturated carbocycles. The first kappa shape index (κ1) is 23.1. The highest BCUT2D eigenvalue weighted by molar-refractivity contribution is 4.96. The van der Waals surface area contributed by atoms with Gasteiger partial charge in [-0.3, -0.25) is 0 Å². The molecule has 0 aromatic heterocycles. The summed E-state index contributed by atoms with van der Waals surface area (Å²) in [6, 6.07) is 0. The first-order valence-electron chi connectivity index (χ1n) is 12.1. The average Bonchev–Trinajstić information content (AvgIpc) is 3.37. The summed E-state index contributed by atoms with van der Waals surface area (Å²) in [5.74, 6) is 0.924. The predicted octanol–water partition coefficient (Wildman–Crippen LogP) is 4.05. The van der Waals surface area contributed by atoms with E-state index in [1.807, 2.05) is 27.7 Å². The van der Waals surface area contributed by atoms with Gasteiger partial charge in [0.2, 0.25) is 0 Å². The molecule has 3 heterocycles. The topological polar surface area (TPSA) is 36.5 Å². The highest BCUT2D eigenvalue weighted by Gasteiger charge is 2.40. The Morgan fingerprint density at radius 3 is 2.11 bits per heavy atom. The molecule has 4 aliphatic rings. The molecule has 0 aromatic rings. The van der Waals surface area contributed by atoms with Crippen LogP contribution in [0.5, 0.6) is 0 Å². The van der Waals surface area contributed by atoms with Crippen LogP contribution in [0.15, 0.2) is 0 Å². The Kier molecular flexibility index (Phi) is 10.6. The van der Waals surface area contributed by atoms with E-state index in [2.05, 4.69) is 15.5 Å². The van der Waals surface area contributed by atoms with E-state index in [0.717, 1.165) is 19.0 Å². The fourth-order valence-electron chi connectivity index (χ4n) is 5.35. The fraction of sp³-hybridized carbons (Fsp3) is 1.00. The number of ether oxygens (including phenoxy) is 1. The summed E-state index contributed by atoms with van der Waals surface area (Å²) in [6.07, 6.45) is 11.7. The van der Waals surface area contributed by atoms with Crippen molar-refractivity contribution in [2.75, 3.05) is 45.8 Å². The van der Waals surface area contributed by atoms with Gasteiger partial charge in [0.1, 0.15) is 0 Å². The molecule has 0 aromatic carbocycles. The van der Waals surface area contributed by atoms with Gasteiger partial charge in [0.25, 0.3) is 0 Å². The molecule has 3 saturated heterocycles. The minimum atomic E-state index is 0.533. The zero-order chi connectivity index (χ0) is 19.5. The van der Waals surface area contributed by atoms with Gasteiger partial charge in [0, 0.05) is 19.6 Å². The van der Waals surface area contributed by atoms with Crippen molar-refractivity contribution in [2.24, 2.45) is 11.3 Å². The summed E-state index contributed by atoms with van der Waals surface area (Å²) >= 11 is 0. The van der Waals surface area contributed by atoms with Gasteiger partial charge in [-0.2, -0.15) is 0 Å². The molecular formula is C23H47N3O. The van der Waals surface area contributed by atoms with E-state index >= 15 is 0 Å². The van der Waals surface area contributed by atoms with E-state index in [-0.39, 0.29) is 0 Å². The van der Waals surface area contributed by atoms with E-state index in [9.17, 15) is 0 Å². The normalized spacial score (nSPS) is 34.7.